The molecule has 0 aliphatic carbocycles. The summed E-state index contributed by atoms with van der Waals surface area (Å²) in [5.74, 6) is 0.837. The maximum Gasteiger partial charge on any atom is 0.317 e. The molecule has 1 aliphatic rings. The molecule has 0 spiro atoms. The van der Waals surface area contributed by atoms with E-state index < -0.39 is 0 Å². The summed E-state index contributed by atoms with van der Waals surface area (Å²) in [5.41, 5.74) is 3.54. The number of aryl methyl sites for hydroxylation is 1. The molecule has 144 valence electrons. The van der Waals surface area contributed by atoms with E-state index >= 15 is 0 Å². The second-order valence-electron chi connectivity index (χ2n) is 7.29. The van der Waals surface area contributed by atoms with Crippen LogP contribution in [-0.2, 0) is 6.54 Å². The number of nitrogens with zero attached hydrogens (tertiary/aromatic N) is 2. The van der Waals surface area contributed by atoms with Crippen LogP contribution in [0, 0.1) is 6.92 Å². The van der Waals surface area contributed by atoms with Crippen LogP contribution in [-0.4, -0.2) is 43.2 Å². The van der Waals surface area contributed by atoms with E-state index in [2.05, 4.69) is 41.4 Å². The molecule has 5 nitrogen and oxygen atoms in total. The Kier molecular flexibility index (Phi) is 6.22. The highest BCUT2D eigenvalue weighted by atomic mass is 16.5. The van der Waals surface area contributed by atoms with Crippen LogP contribution in [0.4, 0.5) is 10.5 Å². The number of carbonyl (C=O) groups excluding carboxylic acids is 1. The molecule has 1 saturated heterocycles. The Balaban J connectivity index is 1.48. The molecule has 2 aromatic carbocycles. The summed E-state index contributed by atoms with van der Waals surface area (Å²) in [5, 5.41) is 3.03. The average molecular weight is 367 g/mol. The third-order valence-electron chi connectivity index (χ3n) is 4.65. The number of anilines is 1. The molecule has 5 heteroatoms. The van der Waals surface area contributed by atoms with Crippen molar-refractivity contribution in [1.29, 1.82) is 0 Å². The normalized spacial score (nSPS) is 14.4. The zero-order valence-electron chi connectivity index (χ0n) is 16.4. The maximum absolute atomic E-state index is 12.5. The molecule has 2 aromatic rings. The smallest absolute Gasteiger partial charge is 0.317 e. The van der Waals surface area contributed by atoms with E-state index in [-0.39, 0.29) is 12.1 Å². The molecule has 1 N–H and O–H groups in total. The Labute approximate surface area is 161 Å². The molecule has 0 aromatic heterocycles. The molecule has 1 heterocycles. The van der Waals surface area contributed by atoms with Crippen molar-refractivity contribution < 1.29 is 9.53 Å². The Morgan fingerprint density at radius 1 is 1.07 bits per heavy atom. The third kappa shape index (κ3) is 5.39. The standard InChI is InChI=1S/C22H29N3O2/c1-17(2)27-21-9-5-7-19(15-21)16-23-22(26)25-12-10-24(11-13-25)20-8-4-6-18(3)14-20/h4-9,14-15,17H,10-13,16H2,1-3H3,(H,23,26). The molecule has 0 atom stereocenters. The summed E-state index contributed by atoms with van der Waals surface area (Å²) in [6.07, 6.45) is 0.138. The molecule has 1 fully saturated rings. The van der Waals surface area contributed by atoms with Gasteiger partial charge in [0.25, 0.3) is 0 Å². The van der Waals surface area contributed by atoms with Gasteiger partial charge in [0.2, 0.25) is 0 Å². The first-order chi connectivity index (χ1) is 13.0. The number of nitrogens with one attached hydrogen (secondary N) is 1. The van der Waals surface area contributed by atoms with Crippen LogP contribution in [0.15, 0.2) is 48.5 Å². The number of hydrogen-bond donors (Lipinski definition) is 1. The van der Waals surface area contributed by atoms with Gasteiger partial charge in [-0.1, -0.05) is 24.3 Å². The molecular weight excluding hydrogens is 338 g/mol. The van der Waals surface area contributed by atoms with E-state index in [9.17, 15) is 4.79 Å². The number of rotatable bonds is 5. The van der Waals surface area contributed by atoms with Gasteiger partial charge in [-0.2, -0.15) is 0 Å². The van der Waals surface area contributed by atoms with Crippen molar-refractivity contribution in [2.45, 2.75) is 33.4 Å². The van der Waals surface area contributed by atoms with Crippen LogP contribution in [0.25, 0.3) is 0 Å². The number of carbonyl (C=O) groups is 1. The lowest BCUT2D eigenvalue weighted by atomic mass is 10.2. The van der Waals surface area contributed by atoms with E-state index in [4.69, 9.17) is 4.74 Å². The minimum absolute atomic E-state index is 0.00549. The largest absolute Gasteiger partial charge is 0.491 e. The minimum Gasteiger partial charge on any atom is -0.491 e. The monoisotopic (exact) mass is 367 g/mol. The number of hydrogen-bond acceptors (Lipinski definition) is 3. The summed E-state index contributed by atoms with van der Waals surface area (Å²) in [4.78, 5) is 16.7. The molecule has 2 amide bonds. The minimum atomic E-state index is -0.00549. The van der Waals surface area contributed by atoms with Crippen molar-refractivity contribution in [2.24, 2.45) is 0 Å². The summed E-state index contributed by atoms with van der Waals surface area (Å²) in [6.45, 7) is 9.80. The number of ether oxygens (including phenoxy) is 1. The highest BCUT2D eigenvalue weighted by Crippen LogP contribution is 2.18. The van der Waals surface area contributed by atoms with Crippen molar-refractivity contribution in [3.63, 3.8) is 0 Å². The van der Waals surface area contributed by atoms with Gasteiger partial charge in [0, 0.05) is 38.4 Å². The van der Waals surface area contributed by atoms with Gasteiger partial charge in [0.15, 0.2) is 0 Å². The summed E-state index contributed by atoms with van der Waals surface area (Å²) >= 11 is 0. The fourth-order valence-corrected chi connectivity index (χ4v) is 3.28. The summed E-state index contributed by atoms with van der Waals surface area (Å²) in [6, 6.07) is 16.4. The van der Waals surface area contributed by atoms with Gasteiger partial charge in [0.1, 0.15) is 5.75 Å². The Morgan fingerprint density at radius 2 is 1.81 bits per heavy atom. The van der Waals surface area contributed by atoms with Crippen LogP contribution in [0.3, 0.4) is 0 Å². The van der Waals surface area contributed by atoms with E-state index in [1.54, 1.807) is 0 Å². The Morgan fingerprint density at radius 3 is 2.52 bits per heavy atom. The number of benzene rings is 2. The molecule has 0 saturated carbocycles. The van der Waals surface area contributed by atoms with E-state index in [1.807, 2.05) is 43.0 Å². The SMILES string of the molecule is Cc1cccc(N2CCN(C(=O)NCc3cccc(OC(C)C)c3)CC2)c1. The van der Waals surface area contributed by atoms with Crippen LogP contribution in [0.5, 0.6) is 5.75 Å². The highest BCUT2D eigenvalue weighted by molar-refractivity contribution is 5.74. The van der Waals surface area contributed by atoms with Gasteiger partial charge in [-0.15, -0.1) is 0 Å². The highest BCUT2D eigenvalue weighted by Gasteiger charge is 2.21. The van der Waals surface area contributed by atoms with Gasteiger partial charge in [0.05, 0.1) is 6.10 Å². The fourth-order valence-electron chi connectivity index (χ4n) is 3.28. The van der Waals surface area contributed by atoms with Crippen molar-refractivity contribution in [3.05, 3.63) is 59.7 Å². The lowest BCUT2D eigenvalue weighted by Gasteiger charge is -2.36. The number of piperazine rings is 1. The zero-order valence-corrected chi connectivity index (χ0v) is 16.4. The molecule has 1 aliphatic heterocycles. The Bertz CT molecular complexity index is 768. The first-order valence-corrected chi connectivity index (χ1v) is 9.61. The molecular formula is C22H29N3O2. The van der Waals surface area contributed by atoms with Crippen LogP contribution in [0.2, 0.25) is 0 Å². The van der Waals surface area contributed by atoms with E-state index in [0.29, 0.717) is 6.54 Å². The lowest BCUT2D eigenvalue weighted by molar-refractivity contribution is 0.194. The van der Waals surface area contributed by atoms with Crippen LogP contribution >= 0.6 is 0 Å². The van der Waals surface area contributed by atoms with Gasteiger partial charge >= 0.3 is 6.03 Å². The topological polar surface area (TPSA) is 44.8 Å². The third-order valence-corrected chi connectivity index (χ3v) is 4.65. The van der Waals surface area contributed by atoms with Crippen LogP contribution < -0.4 is 15.0 Å². The van der Waals surface area contributed by atoms with Crippen molar-refractivity contribution in [3.8, 4) is 5.75 Å². The lowest BCUT2D eigenvalue weighted by Crippen LogP contribution is -2.51. The average Bonchev–Trinajstić information content (AvgIpc) is 2.66. The number of amides is 2. The molecule has 27 heavy (non-hydrogen) atoms. The predicted molar refractivity (Wildman–Crippen MR) is 109 cm³/mol. The van der Waals surface area contributed by atoms with Gasteiger partial charge < -0.3 is 19.9 Å². The molecule has 0 bridgehead atoms. The van der Waals surface area contributed by atoms with Gasteiger partial charge in [-0.05, 0) is 56.2 Å². The van der Waals surface area contributed by atoms with E-state index in [1.165, 1.54) is 11.3 Å². The number of urea groups is 1. The van der Waals surface area contributed by atoms with Gasteiger partial charge in [-0.3, -0.25) is 0 Å². The molecule has 0 unspecified atom stereocenters. The summed E-state index contributed by atoms with van der Waals surface area (Å²) < 4.78 is 5.71. The van der Waals surface area contributed by atoms with Crippen molar-refractivity contribution in [1.82, 2.24) is 10.2 Å². The quantitative estimate of drug-likeness (QED) is 0.874. The molecule has 3 rings (SSSR count). The summed E-state index contributed by atoms with van der Waals surface area (Å²) in [7, 11) is 0. The van der Waals surface area contributed by atoms with Crippen molar-refractivity contribution in [2.75, 3.05) is 31.1 Å². The first-order valence-electron chi connectivity index (χ1n) is 9.61. The fraction of sp³-hybridized carbons (Fsp3) is 0.409. The second-order valence-corrected chi connectivity index (χ2v) is 7.29. The molecule has 0 radical (unpaired) electrons. The zero-order chi connectivity index (χ0) is 19.2. The first kappa shape index (κ1) is 19.1. The van der Waals surface area contributed by atoms with Gasteiger partial charge in [-0.25, -0.2) is 4.79 Å². The predicted octanol–water partition coefficient (Wildman–Crippen LogP) is 3.81. The van der Waals surface area contributed by atoms with Crippen LogP contribution in [0.1, 0.15) is 25.0 Å². The van der Waals surface area contributed by atoms with Crippen molar-refractivity contribution >= 4 is 11.7 Å². The maximum atomic E-state index is 12.5. The Hall–Kier alpha value is -2.69. The second kappa shape index (κ2) is 8.80. The van der Waals surface area contributed by atoms with E-state index in [0.717, 1.165) is 37.5 Å².